The number of methoxy groups -OCH3 is 1. The zero-order chi connectivity index (χ0) is 24.3. The van der Waals surface area contributed by atoms with Crippen molar-refractivity contribution in [3.63, 3.8) is 0 Å². The molecule has 180 valence electrons. The molecule has 1 fully saturated rings. The topological polar surface area (TPSA) is 102 Å². The van der Waals surface area contributed by atoms with E-state index in [-0.39, 0.29) is 28.8 Å². The summed E-state index contributed by atoms with van der Waals surface area (Å²) in [6.45, 7) is 1.85. The molecular weight excluding hydrogens is 459 g/mol. The molecule has 2 aromatic carbocycles. The van der Waals surface area contributed by atoms with Crippen LogP contribution in [0.3, 0.4) is 0 Å². The van der Waals surface area contributed by atoms with Crippen molar-refractivity contribution in [2.24, 2.45) is 0 Å². The minimum Gasteiger partial charge on any atom is -0.495 e. The van der Waals surface area contributed by atoms with E-state index in [1.165, 1.54) is 31.4 Å². The van der Waals surface area contributed by atoms with Gasteiger partial charge < -0.3 is 14.6 Å². The fraction of sp³-hybridized carbons (Fsp3) is 0.333. The lowest BCUT2D eigenvalue weighted by molar-refractivity contribution is 0.0950. The van der Waals surface area contributed by atoms with Crippen LogP contribution in [0.2, 0.25) is 0 Å². The number of rotatable bonds is 8. The quantitative estimate of drug-likeness (QED) is 0.508. The number of nitrogens with one attached hydrogen (secondary N) is 2. The number of imidazole rings is 1. The molecule has 1 aliphatic rings. The number of carbonyl (C=O) groups is 1. The van der Waals surface area contributed by atoms with Gasteiger partial charge in [0.05, 0.1) is 12.8 Å². The second kappa shape index (κ2) is 9.94. The largest absolute Gasteiger partial charge is 0.495 e. The highest BCUT2D eigenvalue weighted by Gasteiger charge is 2.26. The van der Waals surface area contributed by atoms with Crippen molar-refractivity contribution in [1.29, 1.82) is 0 Å². The van der Waals surface area contributed by atoms with Gasteiger partial charge in [-0.25, -0.2) is 22.5 Å². The van der Waals surface area contributed by atoms with E-state index in [4.69, 9.17) is 4.74 Å². The van der Waals surface area contributed by atoms with E-state index in [9.17, 15) is 17.6 Å². The minimum atomic E-state index is -3.86. The van der Waals surface area contributed by atoms with Gasteiger partial charge in [-0.05, 0) is 55.7 Å². The highest BCUT2D eigenvalue weighted by Crippen LogP contribution is 2.27. The van der Waals surface area contributed by atoms with Gasteiger partial charge >= 0.3 is 0 Å². The van der Waals surface area contributed by atoms with E-state index in [0.717, 1.165) is 25.7 Å². The molecule has 4 rings (SSSR count). The Balaban J connectivity index is 1.48. The summed E-state index contributed by atoms with van der Waals surface area (Å²) in [5.74, 6) is -0.0966. The predicted molar refractivity (Wildman–Crippen MR) is 125 cm³/mol. The molecule has 0 radical (unpaired) electrons. The first-order valence-electron chi connectivity index (χ1n) is 11.1. The molecule has 8 nitrogen and oxygen atoms in total. The van der Waals surface area contributed by atoms with Crippen molar-refractivity contribution in [1.82, 2.24) is 19.6 Å². The smallest absolute Gasteiger partial charge is 0.251 e. The number of halogens is 1. The van der Waals surface area contributed by atoms with Gasteiger partial charge in [0.15, 0.2) is 0 Å². The molecule has 0 unspecified atom stereocenters. The van der Waals surface area contributed by atoms with Gasteiger partial charge in [0, 0.05) is 30.5 Å². The van der Waals surface area contributed by atoms with Crippen LogP contribution in [0.5, 0.6) is 5.75 Å². The Bertz CT molecular complexity index is 1300. The number of hydrogen-bond acceptors (Lipinski definition) is 5. The highest BCUT2D eigenvalue weighted by molar-refractivity contribution is 7.89. The maximum atomic E-state index is 14.6. The average molecular weight is 487 g/mol. The Labute approximate surface area is 198 Å². The van der Waals surface area contributed by atoms with E-state index in [0.29, 0.717) is 17.1 Å². The van der Waals surface area contributed by atoms with Gasteiger partial charge in [0.25, 0.3) is 5.91 Å². The van der Waals surface area contributed by atoms with Crippen molar-refractivity contribution in [3.8, 4) is 11.4 Å². The molecule has 1 aromatic heterocycles. The summed E-state index contributed by atoms with van der Waals surface area (Å²) in [5, 5.41) is 2.72. The van der Waals surface area contributed by atoms with Crippen LogP contribution in [0.15, 0.2) is 53.7 Å². The zero-order valence-corrected chi connectivity index (χ0v) is 19.9. The average Bonchev–Trinajstić information content (AvgIpc) is 3.48. The summed E-state index contributed by atoms with van der Waals surface area (Å²) in [4.78, 5) is 16.8. The molecule has 3 aromatic rings. The second-order valence-electron chi connectivity index (χ2n) is 8.28. The number of ether oxygens (including phenoxy) is 1. The van der Waals surface area contributed by atoms with Crippen LogP contribution < -0.4 is 14.8 Å². The van der Waals surface area contributed by atoms with Gasteiger partial charge in [-0.2, -0.15) is 0 Å². The molecule has 10 heteroatoms. The van der Waals surface area contributed by atoms with E-state index in [1.54, 1.807) is 36.0 Å². The maximum absolute atomic E-state index is 14.6. The third-order valence-electron chi connectivity index (χ3n) is 5.94. The first-order chi connectivity index (χ1) is 16.3. The van der Waals surface area contributed by atoms with Crippen molar-refractivity contribution in [3.05, 3.63) is 71.6 Å². The zero-order valence-electron chi connectivity index (χ0n) is 19.0. The summed E-state index contributed by atoms with van der Waals surface area (Å²) in [6, 6.07) is 8.83. The molecule has 34 heavy (non-hydrogen) atoms. The Kier molecular flexibility index (Phi) is 6.99. The maximum Gasteiger partial charge on any atom is 0.251 e. The van der Waals surface area contributed by atoms with Gasteiger partial charge in [-0.1, -0.05) is 18.9 Å². The summed E-state index contributed by atoms with van der Waals surface area (Å²) in [7, 11) is -2.47. The van der Waals surface area contributed by atoms with E-state index < -0.39 is 21.7 Å². The fourth-order valence-corrected chi connectivity index (χ4v) is 5.63. The second-order valence-corrected chi connectivity index (χ2v) is 9.96. The van der Waals surface area contributed by atoms with Crippen molar-refractivity contribution in [2.75, 3.05) is 7.11 Å². The Morgan fingerprint density at radius 1 is 1.21 bits per heavy atom. The Morgan fingerprint density at radius 3 is 2.62 bits per heavy atom. The number of nitrogens with zero attached hydrogens (tertiary/aromatic N) is 2. The van der Waals surface area contributed by atoms with E-state index in [2.05, 4.69) is 15.0 Å². The minimum absolute atomic E-state index is 0.0768. The number of aryl methyl sites for hydroxylation is 1. The summed E-state index contributed by atoms with van der Waals surface area (Å²) < 4.78 is 50.1. The summed E-state index contributed by atoms with van der Waals surface area (Å²) in [6.07, 6.45) is 6.81. The van der Waals surface area contributed by atoms with Gasteiger partial charge in [-0.15, -0.1) is 0 Å². The summed E-state index contributed by atoms with van der Waals surface area (Å²) in [5.41, 5.74) is 1.10. The standard InChI is InChI=1S/C24H27FN4O4S/c1-16-26-11-12-29(16)21-9-7-17(13-20(21)25)15-27-24(30)18-8-10-22(33-2)23(14-18)34(31,32)28-19-5-3-4-6-19/h7-14,19,28H,3-6,15H2,1-2H3,(H,27,30). The molecular formula is C24H27FN4O4S. The van der Waals surface area contributed by atoms with Gasteiger partial charge in [-0.3, -0.25) is 4.79 Å². The monoisotopic (exact) mass is 486 g/mol. The van der Waals surface area contributed by atoms with Crippen LogP contribution in [0.1, 0.15) is 47.4 Å². The lowest BCUT2D eigenvalue weighted by Crippen LogP contribution is -2.33. The number of sulfonamides is 1. The first-order valence-corrected chi connectivity index (χ1v) is 12.5. The predicted octanol–water partition coefficient (Wildman–Crippen LogP) is 3.48. The van der Waals surface area contributed by atoms with E-state index >= 15 is 0 Å². The molecule has 0 bridgehead atoms. The molecule has 1 amide bonds. The molecule has 1 heterocycles. The number of carbonyl (C=O) groups excluding carboxylic acids is 1. The van der Waals surface area contributed by atoms with Crippen molar-refractivity contribution >= 4 is 15.9 Å². The SMILES string of the molecule is COc1ccc(C(=O)NCc2ccc(-n3ccnc3C)c(F)c2)cc1S(=O)(=O)NC1CCCC1. The van der Waals surface area contributed by atoms with Gasteiger partial charge in [0.1, 0.15) is 22.3 Å². The van der Waals surface area contributed by atoms with Gasteiger partial charge in [0.2, 0.25) is 10.0 Å². The molecule has 0 atom stereocenters. The number of aromatic nitrogens is 2. The molecule has 0 aliphatic heterocycles. The number of benzene rings is 2. The lowest BCUT2D eigenvalue weighted by atomic mass is 10.1. The van der Waals surface area contributed by atoms with Crippen molar-refractivity contribution < 1.29 is 22.3 Å². The lowest BCUT2D eigenvalue weighted by Gasteiger charge is -2.16. The molecule has 0 spiro atoms. The normalized spacial score (nSPS) is 14.3. The van der Waals surface area contributed by atoms with Crippen LogP contribution >= 0.6 is 0 Å². The number of amides is 1. The van der Waals surface area contributed by atoms with Crippen LogP contribution in [0.4, 0.5) is 4.39 Å². The summed E-state index contributed by atoms with van der Waals surface area (Å²) >= 11 is 0. The van der Waals surface area contributed by atoms with Crippen LogP contribution in [-0.4, -0.2) is 37.0 Å². The fourth-order valence-electron chi connectivity index (χ4n) is 4.13. The van der Waals surface area contributed by atoms with Crippen LogP contribution in [-0.2, 0) is 16.6 Å². The molecule has 2 N–H and O–H groups in total. The highest BCUT2D eigenvalue weighted by atomic mass is 32.2. The van der Waals surface area contributed by atoms with Crippen LogP contribution in [0.25, 0.3) is 5.69 Å². The van der Waals surface area contributed by atoms with Crippen molar-refractivity contribution in [2.45, 2.75) is 50.1 Å². The first kappa shape index (κ1) is 23.9. The third-order valence-corrected chi connectivity index (χ3v) is 7.48. The molecule has 0 saturated heterocycles. The number of hydrogen-bond donors (Lipinski definition) is 2. The third kappa shape index (κ3) is 5.13. The Morgan fingerprint density at radius 2 is 1.97 bits per heavy atom. The molecule has 1 aliphatic carbocycles. The van der Waals surface area contributed by atoms with E-state index in [1.807, 2.05) is 0 Å². The van der Waals surface area contributed by atoms with Crippen LogP contribution in [0, 0.1) is 12.7 Å². The Hall–Kier alpha value is -3.24. The molecule has 1 saturated carbocycles.